The maximum absolute atomic E-state index is 12.7. The fourth-order valence-electron chi connectivity index (χ4n) is 2.42. The summed E-state index contributed by atoms with van der Waals surface area (Å²) in [6.07, 6.45) is 6.58. The van der Waals surface area contributed by atoms with E-state index in [1.54, 1.807) is 29.7 Å². The Morgan fingerprint density at radius 1 is 1.04 bits per heavy atom. The summed E-state index contributed by atoms with van der Waals surface area (Å²) in [5.41, 5.74) is 2.40. The summed E-state index contributed by atoms with van der Waals surface area (Å²) in [6, 6.07) is 13.4. The average molecular weight is 333 g/mol. The zero-order chi connectivity index (χ0) is 17.5. The number of benzene rings is 1. The van der Waals surface area contributed by atoms with Crippen LogP contribution >= 0.6 is 0 Å². The van der Waals surface area contributed by atoms with Gasteiger partial charge in [-0.05, 0) is 36.8 Å². The molecule has 0 radical (unpaired) electrons. The highest BCUT2D eigenvalue weighted by atomic mass is 16.2. The number of carbonyl (C=O) groups is 1. The van der Waals surface area contributed by atoms with Gasteiger partial charge in [0.1, 0.15) is 0 Å². The fraction of sp³-hybridized carbons (Fsp3) is 0.158. The number of rotatable bonds is 6. The number of hydrogen-bond donors (Lipinski definition) is 1. The molecule has 0 aliphatic heterocycles. The SMILES string of the molecule is CCN(C(=O)c1cnc(NCc2ccncc2)nc1)c1ccccc1. The molecule has 6 nitrogen and oxygen atoms in total. The van der Waals surface area contributed by atoms with Crippen LogP contribution in [0, 0.1) is 0 Å². The third-order valence-corrected chi connectivity index (χ3v) is 3.73. The van der Waals surface area contributed by atoms with Crippen molar-refractivity contribution in [1.82, 2.24) is 15.0 Å². The second kappa shape index (κ2) is 8.01. The van der Waals surface area contributed by atoms with Crippen LogP contribution in [0.1, 0.15) is 22.8 Å². The van der Waals surface area contributed by atoms with Crippen LogP contribution in [0.3, 0.4) is 0 Å². The minimum atomic E-state index is -0.116. The standard InChI is InChI=1S/C19H19N5O/c1-2-24(17-6-4-3-5-7-17)18(25)16-13-22-19(23-14-16)21-12-15-8-10-20-11-9-15/h3-11,13-14H,2,12H2,1H3,(H,21,22,23). The van der Waals surface area contributed by atoms with E-state index in [1.807, 2.05) is 49.4 Å². The van der Waals surface area contributed by atoms with Crippen LogP contribution < -0.4 is 10.2 Å². The maximum atomic E-state index is 12.7. The number of anilines is 2. The van der Waals surface area contributed by atoms with E-state index < -0.39 is 0 Å². The first kappa shape index (κ1) is 16.6. The Hall–Kier alpha value is -3.28. The average Bonchev–Trinajstić information content (AvgIpc) is 2.69. The van der Waals surface area contributed by atoms with Gasteiger partial charge >= 0.3 is 0 Å². The van der Waals surface area contributed by atoms with Gasteiger partial charge in [0.05, 0.1) is 5.56 Å². The Morgan fingerprint density at radius 3 is 2.36 bits per heavy atom. The second-order valence-electron chi connectivity index (χ2n) is 5.39. The molecule has 6 heteroatoms. The largest absolute Gasteiger partial charge is 0.350 e. The number of para-hydroxylation sites is 1. The molecule has 25 heavy (non-hydrogen) atoms. The van der Waals surface area contributed by atoms with Crippen molar-refractivity contribution in [3.63, 3.8) is 0 Å². The van der Waals surface area contributed by atoms with E-state index in [-0.39, 0.29) is 5.91 Å². The number of aromatic nitrogens is 3. The van der Waals surface area contributed by atoms with Crippen molar-refractivity contribution in [2.75, 3.05) is 16.8 Å². The number of hydrogen-bond acceptors (Lipinski definition) is 5. The predicted octanol–water partition coefficient (Wildman–Crippen LogP) is 3.15. The monoisotopic (exact) mass is 333 g/mol. The molecule has 126 valence electrons. The molecule has 0 unspecified atom stereocenters. The van der Waals surface area contributed by atoms with E-state index in [4.69, 9.17) is 0 Å². The normalized spacial score (nSPS) is 10.3. The van der Waals surface area contributed by atoms with Gasteiger partial charge in [0, 0.05) is 43.6 Å². The van der Waals surface area contributed by atoms with Crippen molar-refractivity contribution in [3.8, 4) is 0 Å². The lowest BCUT2D eigenvalue weighted by molar-refractivity contribution is 0.0987. The quantitative estimate of drug-likeness (QED) is 0.750. The molecule has 0 atom stereocenters. The summed E-state index contributed by atoms with van der Waals surface area (Å²) >= 11 is 0. The summed E-state index contributed by atoms with van der Waals surface area (Å²) in [5.74, 6) is 0.366. The summed E-state index contributed by atoms with van der Waals surface area (Å²) in [5, 5.41) is 3.13. The zero-order valence-corrected chi connectivity index (χ0v) is 14.0. The van der Waals surface area contributed by atoms with Crippen LogP contribution in [0.5, 0.6) is 0 Å². The first-order chi connectivity index (χ1) is 12.3. The second-order valence-corrected chi connectivity index (χ2v) is 5.39. The molecule has 0 bridgehead atoms. The van der Waals surface area contributed by atoms with Gasteiger partial charge in [-0.3, -0.25) is 9.78 Å². The third kappa shape index (κ3) is 4.17. The van der Waals surface area contributed by atoms with E-state index in [2.05, 4.69) is 20.3 Å². The molecule has 2 aromatic heterocycles. The van der Waals surface area contributed by atoms with Crippen molar-refractivity contribution < 1.29 is 4.79 Å². The highest BCUT2D eigenvalue weighted by molar-refractivity contribution is 6.05. The fourth-order valence-corrected chi connectivity index (χ4v) is 2.42. The van der Waals surface area contributed by atoms with Gasteiger partial charge in [-0.1, -0.05) is 18.2 Å². The third-order valence-electron chi connectivity index (χ3n) is 3.73. The molecular weight excluding hydrogens is 314 g/mol. The van der Waals surface area contributed by atoms with E-state index in [0.29, 0.717) is 24.6 Å². The maximum Gasteiger partial charge on any atom is 0.261 e. The van der Waals surface area contributed by atoms with Gasteiger partial charge in [0.15, 0.2) is 0 Å². The van der Waals surface area contributed by atoms with Gasteiger partial charge in [0.25, 0.3) is 5.91 Å². The summed E-state index contributed by atoms with van der Waals surface area (Å²) in [7, 11) is 0. The van der Waals surface area contributed by atoms with Crippen molar-refractivity contribution >= 4 is 17.5 Å². The first-order valence-electron chi connectivity index (χ1n) is 8.09. The number of pyridine rings is 1. The van der Waals surface area contributed by atoms with Gasteiger partial charge in [0.2, 0.25) is 5.95 Å². The Labute approximate surface area is 146 Å². The van der Waals surface area contributed by atoms with E-state index in [0.717, 1.165) is 11.3 Å². The molecule has 0 aliphatic rings. The molecule has 1 N–H and O–H groups in total. The van der Waals surface area contributed by atoms with Crippen LogP contribution in [0.4, 0.5) is 11.6 Å². The van der Waals surface area contributed by atoms with Gasteiger partial charge in [-0.2, -0.15) is 0 Å². The summed E-state index contributed by atoms with van der Waals surface area (Å²) < 4.78 is 0. The molecule has 0 saturated heterocycles. The van der Waals surface area contributed by atoms with Crippen molar-refractivity contribution in [1.29, 1.82) is 0 Å². The lowest BCUT2D eigenvalue weighted by Crippen LogP contribution is -2.30. The van der Waals surface area contributed by atoms with Crippen LogP contribution in [0.25, 0.3) is 0 Å². The minimum absolute atomic E-state index is 0.116. The van der Waals surface area contributed by atoms with Crippen LogP contribution in [-0.2, 0) is 6.54 Å². The van der Waals surface area contributed by atoms with Crippen molar-refractivity contribution in [2.24, 2.45) is 0 Å². The number of amides is 1. The highest BCUT2D eigenvalue weighted by Crippen LogP contribution is 2.16. The lowest BCUT2D eigenvalue weighted by atomic mass is 10.2. The molecule has 2 heterocycles. The molecule has 3 rings (SSSR count). The number of carbonyl (C=O) groups excluding carboxylic acids is 1. The Morgan fingerprint density at radius 2 is 1.72 bits per heavy atom. The van der Waals surface area contributed by atoms with Gasteiger partial charge < -0.3 is 10.2 Å². The van der Waals surface area contributed by atoms with Crippen molar-refractivity contribution in [3.05, 3.63) is 78.4 Å². The highest BCUT2D eigenvalue weighted by Gasteiger charge is 2.16. The molecule has 0 spiro atoms. The van der Waals surface area contributed by atoms with E-state index >= 15 is 0 Å². The Balaban J connectivity index is 1.68. The van der Waals surface area contributed by atoms with Gasteiger partial charge in [-0.15, -0.1) is 0 Å². The van der Waals surface area contributed by atoms with Crippen LogP contribution in [0.2, 0.25) is 0 Å². The molecular formula is C19H19N5O. The summed E-state index contributed by atoms with van der Waals surface area (Å²) in [6.45, 7) is 3.11. The smallest absolute Gasteiger partial charge is 0.261 e. The number of nitrogens with zero attached hydrogens (tertiary/aromatic N) is 4. The van der Waals surface area contributed by atoms with Crippen LogP contribution in [-0.4, -0.2) is 27.4 Å². The molecule has 3 aromatic rings. The van der Waals surface area contributed by atoms with Gasteiger partial charge in [-0.25, -0.2) is 9.97 Å². The van der Waals surface area contributed by atoms with E-state index in [9.17, 15) is 4.79 Å². The minimum Gasteiger partial charge on any atom is -0.350 e. The first-order valence-corrected chi connectivity index (χ1v) is 8.09. The zero-order valence-electron chi connectivity index (χ0n) is 14.0. The topological polar surface area (TPSA) is 71.0 Å². The van der Waals surface area contributed by atoms with E-state index in [1.165, 1.54) is 0 Å². The molecule has 0 fully saturated rings. The summed E-state index contributed by atoms with van der Waals surface area (Å²) in [4.78, 5) is 26.8. The Kier molecular flexibility index (Phi) is 5.31. The van der Waals surface area contributed by atoms with Crippen LogP contribution in [0.15, 0.2) is 67.3 Å². The molecule has 1 aromatic carbocycles. The molecule has 0 aliphatic carbocycles. The van der Waals surface area contributed by atoms with Crippen molar-refractivity contribution in [2.45, 2.75) is 13.5 Å². The Bertz CT molecular complexity index is 806. The molecule has 1 amide bonds. The number of nitrogens with one attached hydrogen (secondary N) is 1. The predicted molar refractivity (Wildman–Crippen MR) is 97.4 cm³/mol. The lowest BCUT2D eigenvalue weighted by Gasteiger charge is -2.20. The molecule has 0 saturated carbocycles.